The molecule has 0 spiro atoms. The molecular weight excluding hydrogens is 222 g/mol. The number of likely N-dealkylation sites (N-methyl/N-ethyl adjacent to an activating group) is 1. The molecule has 0 saturated carbocycles. The van der Waals surface area contributed by atoms with E-state index < -0.39 is 0 Å². The minimum absolute atomic E-state index is 0.645. The van der Waals surface area contributed by atoms with Crippen molar-refractivity contribution in [3.8, 4) is 5.75 Å². The van der Waals surface area contributed by atoms with Gasteiger partial charge in [-0.15, -0.1) is 0 Å². The van der Waals surface area contributed by atoms with Crippen LogP contribution in [0.4, 0.5) is 0 Å². The van der Waals surface area contributed by atoms with Crippen molar-refractivity contribution in [2.45, 2.75) is 32.2 Å². The molecule has 1 unspecified atom stereocenters. The van der Waals surface area contributed by atoms with Crippen molar-refractivity contribution in [2.24, 2.45) is 0 Å². The largest absolute Gasteiger partial charge is 0.497 e. The van der Waals surface area contributed by atoms with Gasteiger partial charge in [-0.3, -0.25) is 4.90 Å². The summed E-state index contributed by atoms with van der Waals surface area (Å²) in [6.07, 6.45) is 5.96. The molecule has 0 radical (unpaired) electrons. The molecular formula is C16H23NO. The van der Waals surface area contributed by atoms with Gasteiger partial charge in [0.25, 0.3) is 0 Å². The lowest BCUT2D eigenvalue weighted by Crippen LogP contribution is -2.32. The average molecular weight is 245 g/mol. The van der Waals surface area contributed by atoms with Crippen LogP contribution >= 0.6 is 0 Å². The first-order valence-electron chi connectivity index (χ1n) is 6.68. The lowest BCUT2D eigenvalue weighted by atomic mass is 10.00. The molecule has 1 aromatic carbocycles. The fourth-order valence-electron chi connectivity index (χ4n) is 2.46. The smallest absolute Gasteiger partial charge is 0.118 e. The summed E-state index contributed by atoms with van der Waals surface area (Å²) in [5, 5.41) is 0. The summed E-state index contributed by atoms with van der Waals surface area (Å²) in [4.78, 5) is 2.46. The van der Waals surface area contributed by atoms with Crippen molar-refractivity contribution in [1.29, 1.82) is 0 Å². The molecule has 0 fully saturated rings. The summed E-state index contributed by atoms with van der Waals surface area (Å²) in [5.41, 5.74) is 2.92. The first kappa shape index (κ1) is 13.2. The third kappa shape index (κ3) is 3.36. The molecule has 0 saturated heterocycles. The molecule has 0 aromatic heterocycles. The minimum atomic E-state index is 0.645. The third-order valence-electron chi connectivity index (χ3n) is 3.85. The molecule has 1 aliphatic rings. The van der Waals surface area contributed by atoms with Crippen molar-refractivity contribution in [3.05, 3.63) is 41.5 Å². The van der Waals surface area contributed by atoms with Crippen LogP contribution in [0, 0.1) is 0 Å². The SMILES string of the molecule is COc1ccc(CC2CCC(C)=CCN2C)cc1. The second-order valence-corrected chi connectivity index (χ2v) is 5.23. The van der Waals surface area contributed by atoms with Crippen molar-refractivity contribution in [2.75, 3.05) is 20.7 Å². The van der Waals surface area contributed by atoms with E-state index in [4.69, 9.17) is 4.74 Å². The number of hydrogen-bond donors (Lipinski definition) is 0. The lowest BCUT2D eigenvalue weighted by molar-refractivity contribution is 0.258. The van der Waals surface area contributed by atoms with Gasteiger partial charge in [-0.05, 0) is 50.9 Å². The molecule has 0 amide bonds. The van der Waals surface area contributed by atoms with Crippen molar-refractivity contribution in [1.82, 2.24) is 4.90 Å². The highest BCUT2D eigenvalue weighted by atomic mass is 16.5. The van der Waals surface area contributed by atoms with E-state index in [2.05, 4.69) is 49.2 Å². The second-order valence-electron chi connectivity index (χ2n) is 5.23. The van der Waals surface area contributed by atoms with Gasteiger partial charge >= 0.3 is 0 Å². The Balaban J connectivity index is 1.99. The van der Waals surface area contributed by atoms with Gasteiger partial charge in [0.05, 0.1) is 7.11 Å². The number of methoxy groups -OCH3 is 1. The molecule has 1 heterocycles. The van der Waals surface area contributed by atoms with E-state index in [1.807, 2.05) is 0 Å². The van der Waals surface area contributed by atoms with E-state index in [0.29, 0.717) is 6.04 Å². The number of allylic oxidation sites excluding steroid dienone is 1. The normalized spacial score (nSPS) is 21.3. The van der Waals surface area contributed by atoms with Crippen LogP contribution in [0.25, 0.3) is 0 Å². The van der Waals surface area contributed by atoms with Crippen LogP contribution in [-0.4, -0.2) is 31.6 Å². The monoisotopic (exact) mass is 245 g/mol. The van der Waals surface area contributed by atoms with Crippen molar-refractivity contribution in [3.63, 3.8) is 0 Å². The van der Waals surface area contributed by atoms with Gasteiger partial charge in [0.1, 0.15) is 5.75 Å². The van der Waals surface area contributed by atoms with E-state index in [9.17, 15) is 0 Å². The highest BCUT2D eigenvalue weighted by molar-refractivity contribution is 5.27. The quantitative estimate of drug-likeness (QED) is 0.758. The molecule has 0 N–H and O–H groups in total. The second kappa shape index (κ2) is 6.05. The number of benzene rings is 1. The zero-order valence-electron chi connectivity index (χ0n) is 11.6. The summed E-state index contributed by atoms with van der Waals surface area (Å²) < 4.78 is 5.20. The molecule has 98 valence electrons. The summed E-state index contributed by atoms with van der Waals surface area (Å²) in [7, 11) is 3.94. The molecule has 1 aromatic rings. The van der Waals surface area contributed by atoms with Crippen LogP contribution in [0.15, 0.2) is 35.9 Å². The Morgan fingerprint density at radius 3 is 2.67 bits per heavy atom. The molecule has 0 bridgehead atoms. The summed E-state index contributed by atoms with van der Waals surface area (Å²) in [6.45, 7) is 3.32. The minimum Gasteiger partial charge on any atom is -0.497 e. The van der Waals surface area contributed by atoms with Crippen molar-refractivity contribution >= 4 is 0 Å². The Morgan fingerprint density at radius 2 is 2.00 bits per heavy atom. The van der Waals surface area contributed by atoms with Crippen LogP contribution in [-0.2, 0) is 6.42 Å². The van der Waals surface area contributed by atoms with Crippen LogP contribution in [0.5, 0.6) is 5.75 Å². The van der Waals surface area contributed by atoms with Gasteiger partial charge < -0.3 is 4.74 Å². The first-order valence-corrected chi connectivity index (χ1v) is 6.68. The molecule has 1 atom stereocenters. The Kier molecular flexibility index (Phi) is 4.43. The van der Waals surface area contributed by atoms with Gasteiger partial charge in [-0.25, -0.2) is 0 Å². The highest BCUT2D eigenvalue weighted by Gasteiger charge is 2.17. The van der Waals surface area contributed by atoms with E-state index in [1.54, 1.807) is 7.11 Å². The average Bonchev–Trinajstić information content (AvgIpc) is 2.55. The maximum atomic E-state index is 5.20. The van der Waals surface area contributed by atoms with E-state index in [1.165, 1.54) is 24.0 Å². The first-order chi connectivity index (χ1) is 8.69. The van der Waals surface area contributed by atoms with Gasteiger partial charge in [0.2, 0.25) is 0 Å². The fraction of sp³-hybridized carbons (Fsp3) is 0.500. The van der Waals surface area contributed by atoms with Gasteiger partial charge in [0.15, 0.2) is 0 Å². The Hall–Kier alpha value is -1.28. The summed E-state index contributed by atoms with van der Waals surface area (Å²) in [6, 6.07) is 9.10. The van der Waals surface area contributed by atoms with Gasteiger partial charge in [-0.1, -0.05) is 23.8 Å². The number of ether oxygens (including phenoxy) is 1. The van der Waals surface area contributed by atoms with E-state index in [-0.39, 0.29) is 0 Å². The predicted octanol–water partition coefficient (Wildman–Crippen LogP) is 3.28. The van der Waals surface area contributed by atoms with Crippen LogP contribution < -0.4 is 4.74 Å². The van der Waals surface area contributed by atoms with E-state index >= 15 is 0 Å². The van der Waals surface area contributed by atoms with Crippen LogP contribution in [0.2, 0.25) is 0 Å². The molecule has 0 aliphatic carbocycles. The van der Waals surface area contributed by atoms with Gasteiger partial charge in [-0.2, -0.15) is 0 Å². The van der Waals surface area contributed by atoms with Crippen LogP contribution in [0.3, 0.4) is 0 Å². The molecule has 1 aliphatic heterocycles. The fourth-order valence-corrected chi connectivity index (χ4v) is 2.46. The zero-order chi connectivity index (χ0) is 13.0. The molecule has 2 nitrogen and oxygen atoms in total. The number of rotatable bonds is 3. The summed E-state index contributed by atoms with van der Waals surface area (Å²) in [5.74, 6) is 0.936. The molecule has 2 rings (SSSR count). The number of nitrogens with zero attached hydrogens (tertiary/aromatic N) is 1. The molecule has 2 heteroatoms. The zero-order valence-corrected chi connectivity index (χ0v) is 11.6. The Labute approximate surface area is 110 Å². The topological polar surface area (TPSA) is 12.5 Å². The Bertz CT molecular complexity index is 408. The predicted molar refractivity (Wildman–Crippen MR) is 76.1 cm³/mol. The highest BCUT2D eigenvalue weighted by Crippen LogP contribution is 2.20. The maximum absolute atomic E-state index is 5.20. The lowest BCUT2D eigenvalue weighted by Gasteiger charge is -2.25. The standard InChI is InChI=1S/C16H23NO/c1-13-4-7-15(17(2)11-10-13)12-14-5-8-16(18-3)9-6-14/h5-6,8-10,15H,4,7,11-12H2,1-3H3. The third-order valence-corrected chi connectivity index (χ3v) is 3.85. The van der Waals surface area contributed by atoms with E-state index in [0.717, 1.165) is 18.7 Å². The number of hydrogen-bond acceptors (Lipinski definition) is 2. The van der Waals surface area contributed by atoms with Crippen molar-refractivity contribution < 1.29 is 4.74 Å². The molecule has 18 heavy (non-hydrogen) atoms. The van der Waals surface area contributed by atoms with Crippen LogP contribution in [0.1, 0.15) is 25.3 Å². The maximum Gasteiger partial charge on any atom is 0.118 e. The van der Waals surface area contributed by atoms with Gasteiger partial charge in [0, 0.05) is 12.6 Å². The summed E-state index contributed by atoms with van der Waals surface area (Å²) >= 11 is 0. The Morgan fingerprint density at radius 1 is 1.28 bits per heavy atom.